The molecule has 0 saturated carbocycles. The molecule has 0 spiro atoms. The van der Waals surface area contributed by atoms with E-state index in [2.05, 4.69) is 33.9 Å². The van der Waals surface area contributed by atoms with Crippen LogP contribution in [0.2, 0.25) is 0 Å². The maximum absolute atomic E-state index is 13.5. The topological polar surface area (TPSA) is 107 Å². The van der Waals surface area contributed by atoms with Gasteiger partial charge in [0.25, 0.3) is 0 Å². The van der Waals surface area contributed by atoms with Crippen LogP contribution in [0.1, 0.15) is 45.1 Å². The van der Waals surface area contributed by atoms with Gasteiger partial charge in [-0.3, -0.25) is 4.79 Å². The molecule has 2 aliphatic rings. The normalized spacial score (nSPS) is 19.9. The highest BCUT2D eigenvalue weighted by atomic mass is 32.2. The average molecular weight is 506 g/mol. The van der Waals surface area contributed by atoms with E-state index in [9.17, 15) is 13.2 Å². The van der Waals surface area contributed by atoms with Crippen LogP contribution in [0.5, 0.6) is 0 Å². The number of anilines is 1. The molecule has 34 heavy (non-hydrogen) atoms. The van der Waals surface area contributed by atoms with Gasteiger partial charge in [-0.05, 0) is 55.6 Å². The second kappa shape index (κ2) is 11.1. The van der Waals surface area contributed by atoms with Crippen LogP contribution < -0.4 is 10.0 Å². The molecule has 0 bridgehead atoms. The number of nitrogens with one attached hydrogen (secondary N) is 3. The maximum atomic E-state index is 13.5. The van der Waals surface area contributed by atoms with Crippen molar-refractivity contribution in [1.29, 1.82) is 0 Å². The van der Waals surface area contributed by atoms with E-state index in [1.54, 1.807) is 36.3 Å². The Labute approximate surface area is 206 Å². The lowest BCUT2D eigenvalue weighted by molar-refractivity contribution is -0.134. The molecular weight excluding hydrogens is 470 g/mol. The lowest BCUT2D eigenvalue weighted by atomic mass is 9.96. The Balaban J connectivity index is 1.49. The number of rotatable bonds is 9. The van der Waals surface area contributed by atoms with E-state index in [1.165, 1.54) is 0 Å². The minimum absolute atomic E-state index is 0.121. The van der Waals surface area contributed by atoms with Gasteiger partial charge in [-0.25, -0.2) is 13.4 Å². The summed E-state index contributed by atoms with van der Waals surface area (Å²) in [6.45, 7) is 6.43. The fourth-order valence-corrected chi connectivity index (χ4v) is 6.86. The van der Waals surface area contributed by atoms with Crippen molar-refractivity contribution in [1.82, 2.24) is 19.6 Å². The first-order valence-electron chi connectivity index (χ1n) is 12.1. The highest BCUT2D eigenvalue weighted by Gasteiger charge is 2.32. The molecule has 1 aromatic carbocycles. The Morgan fingerprint density at radius 3 is 2.79 bits per heavy atom. The molecule has 1 amide bonds. The van der Waals surface area contributed by atoms with E-state index in [4.69, 9.17) is 0 Å². The predicted molar refractivity (Wildman–Crippen MR) is 135 cm³/mol. The van der Waals surface area contributed by atoms with Crippen LogP contribution in [0.3, 0.4) is 0 Å². The number of piperidine rings is 1. The third-order valence-electron chi connectivity index (χ3n) is 6.64. The number of aromatic amines is 1. The number of H-pyrrole nitrogens is 1. The van der Waals surface area contributed by atoms with Gasteiger partial charge in [-0.2, -0.15) is 4.72 Å². The summed E-state index contributed by atoms with van der Waals surface area (Å²) in [5, 5.41) is 4.12. The second-order valence-corrected chi connectivity index (χ2v) is 12.3. The van der Waals surface area contributed by atoms with Gasteiger partial charge in [-0.1, -0.05) is 37.7 Å². The summed E-state index contributed by atoms with van der Waals surface area (Å²) in [5.41, 5.74) is 1.67. The van der Waals surface area contributed by atoms with Crippen LogP contribution in [0, 0.1) is 11.8 Å². The molecule has 3 heterocycles. The lowest BCUT2D eigenvalue weighted by Gasteiger charge is -2.33. The van der Waals surface area contributed by atoms with E-state index in [-0.39, 0.29) is 10.8 Å². The van der Waals surface area contributed by atoms with Crippen LogP contribution in [-0.4, -0.2) is 60.6 Å². The minimum Gasteiger partial charge on any atom is -0.383 e. The first-order chi connectivity index (χ1) is 16.3. The van der Waals surface area contributed by atoms with Gasteiger partial charge in [0, 0.05) is 37.8 Å². The molecule has 2 aliphatic heterocycles. The number of sulfonamides is 1. The van der Waals surface area contributed by atoms with Crippen molar-refractivity contribution in [3.05, 3.63) is 36.2 Å². The number of thioether (sulfide) groups is 1. The number of fused-ring (bicyclic) bond motifs is 1. The smallest absolute Gasteiger partial charge is 0.243 e. The van der Waals surface area contributed by atoms with Crippen LogP contribution in [0.25, 0.3) is 0 Å². The highest BCUT2D eigenvalue weighted by molar-refractivity contribution is 7.99. The monoisotopic (exact) mass is 505 g/mol. The summed E-state index contributed by atoms with van der Waals surface area (Å²) < 4.78 is 29.8. The molecule has 3 N–H and O–H groups in total. The number of nitrogens with zero attached hydrogens (tertiary/aromatic N) is 2. The van der Waals surface area contributed by atoms with E-state index >= 15 is 0 Å². The summed E-state index contributed by atoms with van der Waals surface area (Å²) in [6, 6.07) is 4.60. The summed E-state index contributed by atoms with van der Waals surface area (Å²) in [4.78, 5) is 22.7. The van der Waals surface area contributed by atoms with Gasteiger partial charge in [0.05, 0.1) is 5.69 Å². The Hall–Kier alpha value is -2.04. The van der Waals surface area contributed by atoms with E-state index < -0.39 is 16.1 Å². The van der Waals surface area contributed by atoms with Crippen molar-refractivity contribution in [2.75, 3.05) is 30.7 Å². The number of aromatic nitrogens is 2. The first kappa shape index (κ1) is 25.1. The predicted octanol–water partition coefficient (Wildman–Crippen LogP) is 3.49. The zero-order valence-corrected chi connectivity index (χ0v) is 21.6. The number of hydrogen-bond acceptors (Lipinski definition) is 6. The van der Waals surface area contributed by atoms with Gasteiger partial charge < -0.3 is 15.2 Å². The molecular formula is C24H35N5O3S2. The number of hydrogen-bond donors (Lipinski definition) is 3. The third-order valence-corrected chi connectivity index (χ3v) is 9.14. The van der Waals surface area contributed by atoms with Gasteiger partial charge in [0.2, 0.25) is 15.9 Å². The summed E-state index contributed by atoms with van der Waals surface area (Å²) in [6.07, 6.45) is 7.35. The number of benzene rings is 1. The van der Waals surface area contributed by atoms with Crippen molar-refractivity contribution in [3.8, 4) is 0 Å². The summed E-state index contributed by atoms with van der Waals surface area (Å²) >= 11 is 1.57. The maximum Gasteiger partial charge on any atom is 0.243 e. The van der Waals surface area contributed by atoms with Crippen molar-refractivity contribution in [3.63, 3.8) is 0 Å². The van der Waals surface area contributed by atoms with E-state index in [0.717, 1.165) is 42.3 Å². The molecule has 0 radical (unpaired) electrons. The molecule has 1 aromatic heterocycles. The standard InChI is InChI=1S/C24H35N5O3S2/c1-17-8-12-29(13-9-17)23(30)20(6-4-14-33-24-25-10-11-26-24)28-34(31,32)21-7-3-5-19-15-18(2)16-27-22(19)21/h3,5,7,10-11,17-18,20,27-28H,4,6,8-9,12-16H2,1-2H3,(H,25,26)/t18?,20-/m0/s1. The molecule has 1 saturated heterocycles. The number of carbonyl (C=O) groups excluding carboxylic acids is 1. The number of para-hydroxylation sites is 1. The fraction of sp³-hybridized carbons (Fsp3) is 0.583. The third kappa shape index (κ3) is 6.14. The van der Waals surface area contributed by atoms with E-state index in [1.807, 2.05) is 11.0 Å². The van der Waals surface area contributed by atoms with Gasteiger partial charge >= 0.3 is 0 Å². The van der Waals surface area contributed by atoms with Crippen LogP contribution in [0.4, 0.5) is 5.69 Å². The Morgan fingerprint density at radius 2 is 2.06 bits per heavy atom. The Bertz CT molecular complexity index is 1070. The average Bonchev–Trinajstić information content (AvgIpc) is 3.34. The van der Waals surface area contributed by atoms with Crippen LogP contribution in [0.15, 0.2) is 40.6 Å². The number of carbonyl (C=O) groups is 1. The van der Waals surface area contributed by atoms with Crippen LogP contribution in [-0.2, 0) is 21.2 Å². The van der Waals surface area contributed by atoms with Gasteiger partial charge in [-0.15, -0.1) is 0 Å². The number of likely N-dealkylation sites (tertiary alicyclic amines) is 1. The summed E-state index contributed by atoms with van der Waals surface area (Å²) in [7, 11) is -3.88. The van der Waals surface area contributed by atoms with Crippen molar-refractivity contribution in [2.45, 2.75) is 62.0 Å². The summed E-state index contributed by atoms with van der Waals surface area (Å²) in [5.74, 6) is 1.66. The van der Waals surface area contributed by atoms with E-state index in [0.29, 0.717) is 43.5 Å². The number of imidazole rings is 1. The SMILES string of the molecule is CC1CCN(C(=O)[C@H](CCCSc2ncc[nH]2)NS(=O)(=O)c2cccc3c2NCC(C)C3)CC1. The second-order valence-electron chi connectivity index (χ2n) is 9.55. The molecule has 0 aliphatic carbocycles. The zero-order chi connectivity index (χ0) is 24.1. The molecule has 2 aromatic rings. The van der Waals surface area contributed by atoms with Gasteiger partial charge in [0.1, 0.15) is 10.9 Å². The zero-order valence-electron chi connectivity index (χ0n) is 19.9. The largest absolute Gasteiger partial charge is 0.383 e. The quantitative estimate of drug-likeness (QED) is 0.356. The van der Waals surface area contributed by atoms with Crippen molar-refractivity contribution < 1.29 is 13.2 Å². The molecule has 2 atom stereocenters. The molecule has 10 heteroatoms. The van der Waals surface area contributed by atoms with Crippen LogP contribution >= 0.6 is 11.8 Å². The van der Waals surface area contributed by atoms with Gasteiger partial charge in [0.15, 0.2) is 5.16 Å². The Kier molecular flexibility index (Phi) is 8.21. The van der Waals surface area contributed by atoms with Crippen molar-refractivity contribution in [2.24, 2.45) is 11.8 Å². The minimum atomic E-state index is -3.88. The lowest BCUT2D eigenvalue weighted by Crippen LogP contribution is -2.50. The molecule has 1 unspecified atom stereocenters. The molecule has 1 fully saturated rings. The molecule has 186 valence electrons. The molecule has 8 nitrogen and oxygen atoms in total. The Morgan fingerprint density at radius 1 is 1.26 bits per heavy atom. The highest BCUT2D eigenvalue weighted by Crippen LogP contribution is 2.31. The molecule has 4 rings (SSSR count). The first-order valence-corrected chi connectivity index (χ1v) is 14.6. The fourth-order valence-electron chi connectivity index (χ4n) is 4.61. The number of amides is 1. The van der Waals surface area contributed by atoms with Crippen molar-refractivity contribution >= 4 is 33.4 Å².